The fourth-order valence-electron chi connectivity index (χ4n) is 0.961. The first kappa shape index (κ1) is 7.95. The van der Waals surface area contributed by atoms with E-state index in [1.165, 1.54) is 0 Å². The summed E-state index contributed by atoms with van der Waals surface area (Å²) in [4.78, 5) is 8.15. The zero-order valence-electron chi connectivity index (χ0n) is 5.96. The number of halogens is 2. The van der Waals surface area contributed by atoms with Gasteiger partial charge in [-0.3, -0.25) is 0 Å². The highest BCUT2D eigenvalue weighted by Crippen LogP contribution is 2.17. The van der Waals surface area contributed by atoms with Crippen LogP contribution in [-0.2, 0) is 0 Å². The van der Waals surface area contributed by atoms with E-state index in [2.05, 4.69) is 25.9 Å². The molecule has 0 aliphatic carbocycles. The number of nitrogens with zero attached hydrogens (tertiary/aromatic N) is 2. The van der Waals surface area contributed by atoms with Crippen molar-refractivity contribution in [1.29, 1.82) is 0 Å². The van der Waals surface area contributed by atoms with E-state index >= 15 is 0 Å². The van der Waals surface area contributed by atoms with Gasteiger partial charge >= 0.3 is 0 Å². The Morgan fingerprint density at radius 2 is 2.17 bits per heavy atom. The Morgan fingerprint density at radius 1 is 1.33 bits per heavy atom. The second-order valence-corrected chi connectivity index (χ2v) is 3.64. The minimum absolute atomic E-state index is 0.470. The smallest absolute Gasteiger partial charge is 0.160 e. The number of aromatic nitrogens is 2. The van der Waals surface area contributed by atoms with E-state index in [0.717, 1.165) is 9.86 Å². The largest absolute Gasteiger partial charge is 0.235 e. The maximum absolute atomic E-state index is 5.70. The number of pyridine rings is 2. The first-order valence-corrected chi connectivity index (χ1v) is 4.50. The third kappa shape index (κ3) is 1.42. The Bertz CT molecular complexity index is 389. The lowest BCUT2D eigenvalue weighted by atomic mass is 10.3. The van der Waals surface area contributed by atoms with E-state index in [1.54, 1.807) is 12.3 Å². The Balaban J connectivity index is 2.79. The number of hydrogen-bond donors (Lipinski definition) is 0. The van der Waals surface area contributed by atoms with Crippen LogP contribution in [0.15, 0.2) is 28.9 Å². The van der Waals surface area contributed by atoms with Crippen LogP contribution >= 0.6 is 27.5 Å². The summed E-state index contributed by atoms with van der Waals surface area (Å²) in [5, 5.41) is 1.45. The van der Waals surface area contributed by atoms with Crippen LogP contribution in [0.2, 0.25) is 5.15 Å². The molecule has 0 spiro atoms. The molecule has 0 aliphatic heterocycles. The molecule has 2 aromatic heterocycles. The van der Waals surface area contributed by atoms with Gasteiger partial charge in [0.1, 0.15) is 5.15 Å². The predicted molar refractivity (Wildman–Crippen MR) is 52.2 cm³/mol. The maximum Gasteiger partial charge on any atom is 0.160 e. The van der Waals surface area contributed by atoms with Crippen LogP contribution in [0.25, 0.3) is 11.0 Å². The zero-order chi connectivity index (χ0) is 8.55. The lowest BCUT2D eigenvalue weighted by Gasteiger charge is -1.96. The van der Waals surface area contributed by atoms with E-state index in [1.807, 2.05) is 12.1 Å². The monoisotopic (exact) mass is 242 g/mol. The molecule has 0 aromatic carbocycles. The van der Waals surface area contributed by atoms with Crippen molar-refractivity contribution in [2.75, 3.05) is 0 Å². The zero-order valence-corrected chi connectivity index (χ0v) is 8.30. The van der Waals surface area contributed by atoms with Crippen LogP contribution in [0.3, 0.4) is 0 Å². The third-order valence-corrected chi connectivity index (χ3v) is 2.12. The Morgan fingerprint density at radius 3 is 3.00 bits per heavy atom. The third-order valence-electron chi connectivity index (χ3n) is 1.47. The highest BCUT2D eigenvalue weighted by molar-refractivity contribution is 9.10. The molecule has 0 radical (unpaired) electrons. The van der Waals surface area contributed by atoms with E-state index in [9.17, 15) is 0 Å². The Labute approximate surface area is 82.7 Å². The molecule has 0 fully saturated rings. The van der Waals surface area contributed by atoms with Gasteiger partial charge in [0.05, 0.1) is 0 Å². The van der Waals surface area contributed by atoms with Crippen molar-refractivity contribution in [3.8, 4) is 0 Å². The second-order valence-electron chi connectivity index (χ2n) is 2.33. The summed E-state index contributed by atoms with van der Waals surface area (Å²) >= 11 is 9.02. The fourth-order valence-corrected chi connectivity index (χ4v) is 1.45. The summed E-state index contributed by atoms with van der Waals surface area (Å²) in [6, 6.07) is 5.59. The SMILES string of the molecule is Clc1ccc2cc(Br)cnc2n1. The van der Waals surface area contributed by atoms with Crippen molar-refractivity contribution in [2.45, 2.75) is 0 Å². The van der Waals surface area contributed by atoms with Crippen molar-refractivity contribution in [3.63, 3.8) is 0 Å². The van der Waals surface area contributed by atoms with Gasteiger partial charge in [-0.25, -0.2) is 9.97 Å². The summed E-state index contributed by atoms with van der Waals surface area (Å²) in [5.41, 5.74) is 0.672. The van der Waals surface area contributed by atoms with E-state index < -0.39 is 0 Å². The molecule has 60 valence electrons. The molecule has 0 atom stereocenters. The van der Waals surface area contributed by atoms with Gasteiger partial charge < -0.3 is 0 Å². The number of rotatable bonds is 0. The normalized spacial score (nSPS) is 10.5. The van der Waals surface area contributed by atoms with Gasteiger partial charge in [-0.05, 0) is 34.1 Å². The molecule has 2 nitrogen and oxygen atoms in total. The Hall–Kier alpha value is -0.670. The summed E-state index contributed by atoms with van der Waals surface area (Å²) in [7, 11) is 0. The summed E-state index contributed by atoms with van der Waals surface area (Å²) in [5.74, 6) is 0. The molecule has 0 saturated heterocycles. The standard InChI is InChI=1S/C8H4BrClN2/c9-6-3-5-1-2-7(10)12-8(5)11-4-6/h1-4H. The van der Waals surface area contributed by atoms with Gasteiger partial charge in [0.2, 0.25) is 0 Å². The quantitative estimate of drug-likeness (QED) is 0.665. The van der Waals surface area contributed by atoms with Crippen LogP contribution in [0.4, 0.5) is 0 Å². The van der Waals surface area contributed by atoms with Gasteiger partial charge in [0.25, 0.3) is 0 Å². The maximum atomic E-state index is 5.70. The molecule has 0 amide bonds. The second kappa shape index (κ2) is 2.99. The van der Waals surface area contributed by atoms with E-state index in [-0.39, 0.29) is 0 Å². The van der Waals surface area contributed by atoms with Gasteiger partial charge in [0, 0.05) is 16.1 Å². The molecule has 2 heterocycles. The van der Waals surface area contributed by atoms with Crippen molar-refractivity contribution < 1.29 is 0 Å². The van der Waals surface area contributed by atoms with Crippen molar-refractivity contribution >= 4 is 38.6 Å². The molecule has 4 heteroatoms. The van der Waals surface area contributed by atoms with Crippen LogP contribution in [0, 0.1) is 0 Å². The summed E-state index contributed by atoms with van der Waals surface area (Å²) in [6.07, 6.45) is 1.70. The van der Waals surface area contributed by atoms with Crippen LogP contribution in [0.5, 0.6) is 0 Å². The minimum Gasteiger partial charge on any atom is -0.235 e. The molecule has 0 N–H and O–H groups in total. The molecule has 12 heavy (non-hydrogen) atoms. The summed E-state index contributed by atoms with van der Waals surface area (Å²) in [6.45, 7) is 0. The van der Waals surface area contributed by atoms with Crippen molar-refractivity contribution in [1.82, 2.24) is 9.97 Å². The molecule has 2 rings (SSSR count). The predicted octanol–water partition coefficient (Wildman–Crippen LogP) is 3.05. The summed E-state index contributed by atoms with van der Waals surface area (Å²) < 4.78 is 0.944. The van der Waals surface area contributed by atoms with Gasteiger partial charge in [-0.1, -0.05) is 11.6 Å². The average Bonchev–Trinajstić information content (AvgIpc) is 2.05. The number of fused-ring (bicyclic) bond motifs is 1. The minimum atomic E-state index is 0.470. The van der Waals surface area contributed by atoms with Gasteiger partial charge in [-0.2, -0.15) is 0 Å². The fraction of sp³-hybridized carbons (Fsp3) is 0. The highest BCUT2D eigenvalue weighted by Gasteiger charge is 1.97. The molecular weight excluding hydrogens is 239 g/mol. The molecule has 0 unspecified atom stereocenters. The van der Waals surface area contributed by atoms with Gasteiger partial charge in [0.15, 0.2) is 5.65 Å². The molecule has 0 bridgehead atoms. The lowest BCUT2D eigenvalue weighted by Crippen LogP contribution is -1.83. The van der Waals surface area contributed by atoms with Crippen LogP contribution in [0.1, 0.15) is 0 Å². The first-order valence-electron chi connectivity index (χ1n) is 3.33. The highest BCUT2D eigenvalue weighted by atomic mass is 79.9. The molecule has 0 aliphatic rings. The topological polar surface area (TPSA) is 25.8 Å². The Kier molecular flexibility index (Phi) is 1.98. The molecule has 0 saturated carbocycles. The van der Waals surface area contributed by atoms with Crippen LogP contribution in [-0.4, -0.2) is 9.97 Å². The average molecular weight is 243 g/mol. The van der Waals surface area contributed by atoms with E-state index in [4.69, 9.17) is 11.6 Å². The van der Waals surface area contributed by atoms with Crippen molar-refractivity contribution in [2.24, 2.45) is 0 Å². The molecular formula is C8H4BrClN2. The molecule has 2 aromatic rings. The lowest BCUT2D eigenvalue weighted by molar-refractivity contribution is 1.28. The van der Waals surface area contributed by atoms with Crippen LogP contribution < -0.4 is 0 Å². The van der Waals surface area contributed by atoms with Crippen molar-refractivity contribution in [3.05, 3.63) is 34.0 Å². The first-order chi connectivity index (χ1) is 5.75. The van der Waals surface area contributed by atoms with Gasteiger partial charge in [-0.15, -0.1) is 0 Å². The number of hydrogen-bond acceptors (Lipinski definition) is 2. The van der Waals surface area contributed by atoms with E-state index in [0.29, 0.717) is 10.8 Å².